The van der Waals surface area contributed by atoms with Crippen molar-refractivity contribution in [1.29, 1.82) is 0 Å². The predicted molar refractivity (Wildman–Crippen MR) is 81.5 cm³/mol. The van der Waals surface area contributed by atoms with Crippen molar-refractivity contribution in [1.82, 2.24) is 4.98 Å². The summed E-state index contributed by atoms with van der Waals surface area (Å²) in [4.78, 5) is 16.4. The standard InChI is InChI=1S/C17H16ClNO2/c1-11-9-13(10-16(18)19-11)17(20)21-15-8-4-6-12-5-2-3-7-14(12)15/h2-3,5,7,9-10,15H,4,6,8H2,1H3. The van der Waals surface area contributed by atoms with Crippen molar-refractivity contribution in [2.45, 2.75) is 32.3 Å². The summed E-state index contributed by atoms with van der Waals surface area (Å²) in [6, 6.07) is 11.4. The molecule has 0 bridgehead atoms. The topological polar surface area (TPSA) is 39.2 Å². The summed E-state index contributed by atoms with van der Waals surface area (Å²) < 4.78 is 5.69. The average Bonchev–Trinajstić information content (AvgIpc) is 2.46. The zero-order valence-corrected chi connectivity index (χ0v) is 12.6. The first-order valence-corrected chi connectivity index (χ1v) is 7.44. The molecule has 1 aliphatic carbocycles. The number of nitrogens with zero attached hydrogens (tertiary/aromatic N) is 1. The van der Waals surface area contributed by atoms with Gasteiger partial charge < -0.3 is 4.74 Å². The van der Waals surface area contributed by atoms with Crippen LogP contribution in [-0.2, 0) is 11.2 Å². The van der Waals surface area contributed by atoms with Gasteiger partial charge in [-0.05, 0) is 49.4 Å². The van der Waals surface area contributed by atoms with E-state index in [1.807, 2.05) is 18.2 Å². The molecule has 4 heteroatoms. The molecule has 0 radical (unpaired) electrons. The second-order valence-electron chi connectivity index (χ2n) is 5.30. The molecule has 0 N–H and O–H groups in total. The van der Waals surface area contributed by atoms with E-state index in [2.05, 4.69) is 11.1 Å². The van der Waals surface area contributed by atoms with E-state index in [9.17, 15) is 4.79 Å². The molecule has 0 spiro atoms. The van der Waals surface area contributed by atoms with E-state index >= 15 is 0 Å². The van der Waals surface area contributed by atoms with Gasteiger partial charge in [-0.3, -0.25) is 0 Å². The molecule has 0 amide bonds. The van der Waals surface area contributed by atoms with Crippen molar-refractivity contribution in [3.63, 3.8) is 0 Å². The number of carbonyl (C=O) groups excluding carboxylic acids is 1. The monoisotopic (exact) mass is 301 g/mol. The maximum Gasteiger partial charge on any atom is 0.338 e. The minimum atomic E-state index is -0.343. The fraction of sp³-hybridized carbons (Fsp3) is 0.294. The number of aromatic nitrogens is 1. The molecule has 0 saturated carbocycles. The summed E-state index contributed by atoms with van der Waals surface area (Å²) in [6.07, 6.45) is 2.77. The normalized spacial score (nSPS) is 17.1. The van der Waals surface area contributed by atoms with Gasteiger partial charge in [-0.1, -0.05) is 35.9 Å². The zero-order valence-electron chi connectivity index (χ0n) is 11.8. The maximum absolute atomic E-state index is 12.3. The molecule has 1 heterocycles. The Hall–Kier alpha value is -1.87. The van der Waals surface area contributed by atoms with Crippen LogP contribution < -0.4 is 0 Å². The number of pyridine rings is 1. The minimum absolute atomic E-state index is 0.172. The summed E-state index contributed by atoms with van der Waals surface area (Å²) >= 11 is 5.90. The summed E-state index contributed by atoms with van der Waals surface area (Å²) in [5, 5.41) is 0.311. The maximum atomic E-state index is 12.3. The minimum Gasteiger partial charge on any atom is -0.454 e. The predicted octanol–water partition coefficient (Wildman–Crippen LogP) is 4.28. The highest BCUT2D eigenvalue weighted by atomic mass is 35.5. The molecule has 108 valence electrons. The van der Waals surface area contributed by atoms with Crippen molar-refractivity contribution < 1.29 is 9.53 Å². The highest BCUT2D eigenvalue weighted by molar-refractivity contribution is 6.29. The van der Waals surface area contributed by atoms with E-state index in [1.165, 1.54) is 5.56 Å². The molecule has 2 aromatic rings. The van der Waals surface area contributed by atoms with E-state index < -0.39 is 0 Å². The molecule has 0 saturated heterocycles. The number of esters is 1. The van der Waals surface area contributed by atoms with Crippen LogP contribution in [0.5, 0.6) is 0 Å². The number of carbonyl (C=O) groups is 1. The van der Waals surface area contributed by atoms with Crippen molar-refractivity contribution in [3.8, 4) is 0 Å². The lowest BCUT2D eigenvalue weighted by Crippen LogP contribution is -2.17. The first kappa shape index (κ1) is 14.1. The molecule has 1 unspecified atom stereocenters. The highest BCUT2D eigenvalue weighted by Crippen LogP contribution is 2.33. The Balaban J connectivity index is 1.82. The molecule has 1 atom stereocenters. The third-order valence-electron chi connectivity index (χ3n) is 3.72. The van der Waals surface area contributed by atoms with Crippen molar-refractivity contribution in [3.05, 3.63) is 63.9 Å². The van der Waals surface area contributed by atoms with Gasteiger partial charge in [0.25, 0.3) is 0 Å². The van der Waals surface area contributed by atoms with Crippen LogP contribution in [0, 0.1) is 6.92 Å². The first-order valence-electron chi connectivity index (χ1n) is 7.06. The molecule has 1 aromatic carbocycles. The molecule has 0 aliphatic heterocycles. The SMILES string of the molecule is Cc1cc(C(=O)OC2CCCc3ccccc32)cc(Cl)n1. The summed E-state index contributed by atoms with van der Waals surface area (Å²) in [5.74, 6) is -0.343. The van der Waals surface area contributed by atoms with Crippen LogP contribution >= 0.6 is 11.6 Å². The van der Waals surface area contributed by atoms with Gasteiger partial charge in [0.2, 0.25) is 0 Å². The molecule has 1 aromatic heterocycles. The second kappa shape index (κ2) is 5.86. The number of hydrogen-bond acceptors (Lipinski definition) is 3. The van der Waals surface area contributed by atoms with Crippen LogP contribution in [0.1, 0.15) is 46.1 Å². The highest BCUT2D eigenvalue weighted by Gasteiger charge is 2.24. The van der Waals surface area contributed by atoms with Crippen LogP contribution in [-0.4, -0.2) is 11.0 Å². The largest absolute Gasteiger partial charge is 0.454 e. The number of ether oxygens (including phenoxy) is 1. The van der Waals surface area contributed by atoms with Gasteiger partial charge in [0, 0.05) is 5.69 Å². The van der Waals surface area contributed by atoms with Crippen LogP contribution in [0.2, 0.25) is 5.15 Å². The average molecular weight is 302 g/mol. The van der Waals surface area contributed by atoms with Crippen LogP contribution in [0.25, 0.3) is 0 Å². The number of benzene rings is 1. The number of halogens is 1. The van der Waals surface area contributed by atoms with E-state index in [0.717, 1.165) is 24.8 Å². The third-order valence-corrected chi connectivity index (χ3v) is 3.92. The Kier molecular flexibility index (Phi) is 3.93. The second-order valence-corrected chi connectivity index (χ2v) is 5.69. The van der Waals surface area contributed by atoms with Crippen LogP contribution in [0.4, 0.5) is 0 Å². The van der Waals surface area contributed by atoms with E-state index in [4.69, 9.17) is 16.3 Å². The first-order chi connectivity index (χ1) is 10.1. The zero-order chi connectivity index (χ0) is 14.8. The fourth-order valence-electron chi connectivity index (χ4n) is 2.77. The number of aryl methyl sites for hydroxylation is 2. The van der Waals surface area contributed by atoms with Gasteiger partial charge in [-0.2, -0.15) is 0 Å². The molecule has 0 fully saturated rings. The fourth-order valence-corrected chi connectivity index (χ4v) is 3.03. The Morgan fingerprint density at radius 3 is 2.95 bits per heavy atom. The molecule has 21 heavy (non-hydrogen) atoms. The smallest absolute Gasteiger partial charge is 0.338 e. The third kappa shape index (κ3) is 3.08. The van der Waals surface area contributed by atoms with Gasteiger partial charge in [0.15, 0.2) is 0 Å². The molecule has 3 nitrogen and oxygen atoms in total. The van der Waals surface area contributed by atoms with E-state index in [1.54, 1.807) is 19.1 Å². The van der Waals surface area contributed by atoms with Crippen LogP contribution in [0.15, 0.2) is 36.4 Å². The molecular formula is C17H16ClNO2. The Morgan fingerprint density at radius 1 is 1.33 bits per heavy atom. The lowest BCUT2D eigenvalue weighted by Gasteiger charge is -2.25. The Bertz CT molecular complexity index is 664. The number of rotatable bonds is 2. The van der Waals surface area contributed by atoms with Gasteiger partial charge >= 0.3 is 5.97 Å². The van der Waals surface area contributed by atoms with Gasteiger partial charge in [-0.25, -0.2) is 9.78 Å². The lowest BCUT2D eigenvalue weighted by atomic mass is 9.89. The Labute approximate surface area is 128 Å². The Morgan fingerprint density at radius 2 is 2.14 bits per heavy atom. The number of fused-ring (bicyclic) bond motifs is 1. The summed E-state index contributed by atoms with van der Waals surface area (Å²) in [7, 11) is 0. The van der Waals surface area contributed by atoms with Crippen molar-refractivity contribution >= 4 is 17.6 Å². The van der Waals surface area contributed by atoms with Gasteiger partial charge in [-0.15, -0.1) is 0 Å². The van der Waals surface area contributed by atoms with Crippen molar-refractivity contribution in [2.24, 2.45) is 0 Å². The van der Waals surface area contributed by atoms with E-state index in [-0.39, 0.29) is 12.1 Å². The molecule has 3 rings (SSSR count). The van der Waals surface area contributed by atoms with Gasteiger partial charge in [0.05, 0.1) is 5.56 Å². The summed E-state index contributed by atoms with van der Waals surface area (Å²) in [5.41, 5.74) is 3.55. The van der Waals surface area contributed by atoms with Gasteiger partial charge in [0.1, 0.15) is 11.3 Å². The lowest BCUT2D eigenvalue weighted by molar-refractivity contribution is 0.0256. The quantitative estimate of drug-likeness (QED) is 0.614. The van der Waals surface area contributed by atoms with Crippen LogP contribution in [0.3, 0.4) is 0 Å². The molecule has 1 aliphatic rings. The summed E-state index contributed by atoms with van der Waals surface area (Å²) in [6.45, 7) is 1.80. The van der Waals surface area contributed by atoms with E-state index in [0.29, 0.717) is 16.4 Å². The van der Waals surface area contributed by atoms with Crippen molar-refractivity contribution in [2.75, 3.05) is 0 Å². The number of hydrogen-bond donors (Lipinski definition) is 0. The molecular weight excluding hydrogens is 286 g/mol.